The number of aromatic nitrogens is 2. The molecule has 0 radical (unpaired) electrons. The van der Waals surface area contributed by atoms with Gasteiger partial charge in [-0.05, 0) is 73.9 Å². The lowest BCUT2D eigenvalue weighted by atomic mass is 9.92. The maximum absolute atomic E-state index is 13.6. The summed E-state index contributed by atoms with van der Waals surface area (Å²) in [5.41, 5.74) is 4.76. The summed E-state index contributed by atoms with van der Waals surface area (Å²) in [6.07, 6.45) is 4.17. The molecule has 7 nitrogen and oxygen atoms in total. The van der Waals surface area contributed by atoms with Crippen LogP contribution in [-0.2, 0) is 16.2 Å². The van der Waals surface area contributed by atoms with Crippen LogP contribution in [0.4, 0.5) is 0 Å². The Balaban J connectivity index is 1.56. The predicted molar refractivity (Wildman–Crippen MR) is 158 cm³/mol. The number of amides is 2. The van der Waals surface area contributed by atoms with Gasteiger partial charge in [0.15, 0.2) is 0 Å². The van der Waals surface area contributed by atoms with Gasteiger partial charge in [-0.2, -0.15) is 10.4 Å². The number of carbonyl (C=O) groups is 2. The summed E-state index contributed by atoms with van der Waals surface area (Å²) >= 11 is 0. The molecular formula is C34H30N4O3. The standard InChI is InChI=1S/C34H30N4O3/c1-4-23(2)38-33(39)30(24(3)31(20-35)34(38)40)19-27-21-37(28-13-9-6-10-14-28)36-32(27)26-15-17-29(18-16-26)41-22-25-11-7-5-8-12-25/h5-19,21,23H,4,22H2,1-3H3/b30-19+. The van der Waals surface area contributed by atoms with E-state index in [0.717, 1.165) is 22.6 Å². The quantitative estimate of drug-likeness (QED) is 0.187. The van der Waals surface area contributed by atoms with Crippen molar-refractivity contribution in [2.45, 2.75) is 39.8 Å². The number of hydrogen-bond acceptors (Lipinski definition) is 5. The number of ether oxygens (including phenoxy) is 1. The fourth-order valence-corrected chi connectivity index (χ4v) is 4.72. The number of benzene rings is 3. The minimum Gasteiger partial charge on any atom is -0.489 e. The molecule has 0 N–H and O–H groups in total. The first kappa shape index (κ1) is 27.4. The third-order valence-electron chi connectivity index (χ3n) is 7.24. The van der Waals surface area contributed by atoms with Crippen LogP contribution in [0.5, 0.6) is 5.75 Å². The molecular weight excluding hydrogens is 512 g/mol. The number of hydrogen-bond donors (Lipinski definition) is 0. The zero-order valence-electron chi connectivity index (χ0n) is 23.2. The van der Waals surface area contributed by atoms with Gasteiger partial charge < -0.3 is 4.74 Å². The summed E-state index contributed by atoms with van der Waals surface area (Å²) in [4.78, 5) is 27.8. The molecule has 5 rings (SSSR count). The Morgan fingerprint density at radius 1 is 0.951 bits per heavy atom. The van der Waals surface area contributed by atoms with E-state index in [2.05, 4.69) is 0 Å². The van der Waals surface area contributed by atoms with E-state index in [-0.39, 0.29) is 11.6 Å². The SMILES string of the molecule is CCC(C)N1C(=O)C(C#N)=C(C)/C(=C\c2cn(-c3ccccc3)nc2-c2ccc(OCc3ccccc3)cc2)C1=O. The molecule has 0 saturated heterocycles. The van der Waals surface area contributed by atoms with Crippen molar-refractivity contribution in [3.05, 3.63) is 119 Å². The summed E-state index contributed by atoms with van der Waals surface area (Å²) in [6, 6.07) is 29.0. The van der Waals surface area contributed by atoms with Gasteiger partial charge in [0.2, 0.25) is 0 Å². The van der Waals surface area contributed by atoms with Gasteiger partial charge in [-0.3, -0.25) is 14.5 Å². The maximum Gasteiger partial charge on any atom is 0.271 e. The molecule has 0 spiro atoms. The zero-order valence-corrected chi connectivity index (χ0v) is 23.2. The predicted octanol–water partition coefficient (Wildman–Crippen LogP) is 6.51. The summed E-state index contributed by atoms with van der Waals surface area (Å²) in [5.74, 6) is -0.237. The van der Waals surface area contributed by atoms with E-state index in [0.29, 0.717) is 35.4 Å². The van der Waals surface area contributed by atoms with Gasteiger partial charge in [0.05, 0.1) is 11.4 Å². The first-order valence-electron chi connectivity index (χ1n) is 13.5. The van der Waals surface area contributed by atoms with Crippen LogP contribution in [0, 0.1) is 11.3 Å². The van der Waals surface area contributed by atoms with Crippen molar-refractivity contribution in [2.75, 3.05) is 0 Å². The summed E-state index contributed by atoms with van der Waals surface area (Å²) in [7, 11) is 0. The topological polar surface area (TPSA) is 88.2 Å². The van der Waals surface area contributed by atoms with E-state index in [1.54, 1.807) is 17.7 Å². The van der Waals surface area contributed by atoms with Gasteiger partial charge in [-0.1, -0.05) is 55.5 Å². The van der Waals surface area contributed by atoms with Crippen LogP contribution in [0.3, 0.4) is 0 Å². The van der Waals surface area contributed by atoms with E-state index in [9.17, 15) is 14.9 Å². The molecule has 204 valence electrons. The largest absolute Gasteiger partial charge is 0.489 e. The summed E-state index contributed by atoms with van der Waals surface area (Å²) in [6.45, 7) is 5.82. The van der Waals surface area contributed by atoms with E-state index >= 15 is 0 Å². The second kappa shape index (κ2) is 11.9. The fraction of sp³-hybridized carbons (Fsp3) is 0.176. The van der Waals surface area contributed by atoms with Crippen LogP contribution >= 0.6 is 0 Å². The monoisotopic (exact) mass is 542 g/mol. The van der Waals surface area contributed by atoms with Crippen molar-refractivity contribution in [1.82, 2.24) is 14.7 Å². The van der Waals surface area contributed by atoms with Crippen LogP contribution in [0.1, 0.15) is 38.3 Å². The molecule has 2 amide bonds. The molecule has 4 aromatic rings. The normalized spacial score (nSPS) is 15.3. The highest BCUT2D eigenvalue weighted by molar-refractivity contribution is 6.20. The molecule has 1 aliphatic rings. The number of nitrogens with zero attached hydrogens (tertiary/aromatic N) is 4. The molecule has 1 aliphatic heterocycles. The molecule has 41 heavy (non-hydrogen) atoms. The Hall–Kier alpha value is -5.22. The van der Waals surface area contributed by atoms with Gasteiger partial charge in [0.1, 0.15) is 24.0 Å². The Morgan fingerprint density at radius 2 is 1.61 bits per heavy atom. The fourth-order valence-electron chi connectivity index (χ4n) is 4.72. The average molecular weight is 543 g/mol. The Morgan fingerprint density at radius 3 is 2.24 bits per heavy atom. The third kappa shape index (κ3) is 5.59. The van der Waals surface area contributed by atoms with Gasteiger partial charge >= 0.3 is 0 Å². The molecule has 0 fully saturated rings. The van der Waals surface area contributed by atoms with Gasteiger partial charge in [0.25, 0.3) is 11.8 Å². The van der Waals surface area contributed by atoms with Crippen molar-refractivity contribution in [2.24, 2.45) is 0 Å². The Kier molecular flexibility index (Phi) is 7.93. The lowest BCUT2D eigenvalue weighted by molar-refractivity contribution is -0.142. The average Bonchev–Trinajstić information content (AvgIpc) is 3.43. The third-order valence-corrected chi connectivity index (χ3v) is 7.24. The summed E-state index contributed by atoms with van der Waals surface area (Å²) in [5, 5.41) is 14.7. The minimum atomic E-state index is -0.548. The van der Waals surface area contributed by atoms with Crippen molar-refractivity contribution in [3.8, 4) is 28.8 Å². The first-order chi connectivity index (χ1) is 19.9. The lowest BCUT2D eigenvalue weighted by Crippen LogP contribution is -2.47. The highest BCUT2D eigenvalue weighted by Gasteiger charge is 2.37. The number of imide groups is 1. The number of nitriles is 1. The van der Waals surface area contributed by atoms with E-state index in [1.807, 2.05) is 111 Å². The van der Waals surface area contributed by atoms with Gasteiger partial charge in [-0.25, -0.2) is 4.68 Å². The highest BCUT2D eigenvalue weighted by atomic mass is 16.5. The van der Waals surface area contributed by atoms with Gasteiger partial charge in [-0.15, -0.1) is 0 Å². The molecule has 1 aromatic heterocycles. The molecule has 0 saturated carbocycles. The van der Waals surface area contributed by atoms with Crippen molar-refractivity contribution in [3.63, 3.8) is 0 Å². The Labute approximate surface area is 239 Å². The van der Waals surface area contributed by atoms with E-state index in [1.165, 1.54) is 4.90 Å². The maximum atomic E-state index is 13.6. The number of para-hydroxylation sites is 1. The second-order valence-electron chi connectivity index (χ2n) is 9.92. The van der Waals surface area contributed by atoms with Crippen LogP contribution in [0.25, 0.3) is 23.0 Å². The van der Waals surface area contributed by atoms with Crippen LogP contribution < -0.4 is 4.74 Å². The van der Waals surface area contributed by atoms with Gasteiger partial charge in [0, 0.05) is 28.9 Å². The molecule has 1 atom stereocenters. The van der Waals surface area contributed by atoms with E-state index < -0.39 is 11.8 Å². The van der Waals surface area contributed by atoms with Crippen LogP contribution in [-0.4, -0.2) is 32.5 Å². The second-order valence-corrected chi connectivity index (χ2v) is 9.92. The molecule has 1 unspecified atom stereocenters. The van der Waals surface area contributed by atoms with Crippen molar-refractivity contribution < 1.29 is 14.3 Å². The summed E-state index contributed by atoms with van der Waals surface area (Å²) < 4.78 is 7.72. The minimum absolute atomic E-state index is 0.0203. The number of rotatable bonds is 8. The zero-order chi connectivity index (χ0) is 28.9. The van der Waals surface area contributed by atoms with Crippen LogP contribution in [0.15, 0.2) is 108 Å². The molecule has 0 bridgehead atoms. The highest BCUT2D eigenvalue weighted by Crippen LogP contribution is 2.32. The molecule has 3 aromatic carbocycles. The lowest BCUT2D eigenvalue weighted by Gasteiger charge is -2.31. The number of carbonyl (C=O) groups excluding carboxylic acids is 2. The molecule has 2 heterocycles. The van der Waals surface area contributed by atoms with Crippen molar-refractivity contribution in [1.29, 1.82) is 5.26 Å². The van der Waals surface area contributed by atoms with Crippen molar-refractivity contribution >= 4 is 17.9 Å². The van der Waals surface area contributed by atoms with E-state index in [4.69, 9.17) is 9.84 Å². The smallest absolute Gasteiger partial charge is 0.271 e. The first-order valence-corrected chi connectivity index (χ1v) is 13.5. The molecule has 7 heteroatoms. The molecule has 0 aliphatic carbocycles. The Bertz CT molecular complexity index is 1680. The van der Waals surface area contributed by atoms with Crippen LogP contribution in [0.2, 0.25) is 0 Å².